The number of aromatic nitrogens is 2. The number of nitrogens with one attached hydrogen (secondary N) is 1. The second kappa shape index (κ2) is 9.18. The molecule has 0 aliphatic heterocycles. The van der Waals surface area contributed by atoms with Crippen LogP contribution in [0.1, 0.15) is 10.5 Å². The van der Waals surface area contributed by atoms with E-state index in [9.17, 15) is 29.4 Å². The number of anilines is 1. The Hall–Kier alpha value is -3.39. The van der Waals surface area contributed by atoms with Crippen molar-refractivity contribution >= 4 is 54.8 Å². The Morgan fingerprint density at radius 2 is 1.81 bits per heavy atom. The van der Waals surface area contributed by atoms with Crippen LogP contribution in [-0.2, 0) is 6.73 Å². The fourth-order valence-corrected chi connectivity index (χ4v) is 3.77. The lowest BCUT2D eigenvalue weighted by molar-refractivity contribution is -0.386. The summed E-state index contributed by atoms with van der Waals surface area (Å²) in [6.07, 6.45) is 1.39. The van der Waals surface area contributed by atoms with Crippen LogP contribution in [0.4, 0.5) is 21.5 Å². The minimum absolute atomic E-state index is 0.0190. The second-order valence-corrected chi connectivity index (χ2v) is 7.59. The Labute approximate surface area is 189 Å². The van der Waals surface area contributed by atoms with Gasteiger partial charge in [-0.25, -0.2) is 9.07 Å². The third-order valence-electron chi connectivity index (χ3n) is 3.82. The van der Waals surface area contributed by atoms with E-state index in [1.165, 1.54) is 29.1 Å². The number of nitro groups is 2. The minimum Gasteiger partial charge on any atom is -0.464 e. The summed E-state index contributed by atoms with van der Waals surface area (Å²) in [6, 6.07) is 6.63. The Morgan fingerprint density at radius 1 is 1.13 bits per heavy atom. The summed E-state index contributed by atoms with van der Waals surface area (Å²) in [5, 5.41) is 28.5. The molecule has 160 valence electrons. The fraction of sp³-hybridized carbons (Fsp3) is 0.0588. The van der Waals surface area contributed by atoms with E-state index >= 15 is 0 Å². The molecule has 1 amide bonds. The first-order valence-corrected chi connectivity index (χ1v) is 9.79. The van der Waals surface area contributed by atoms with Gasteiger partial charge in [-0.2, -0.15) is 5.10 Å². The highest BCUT2D eigenvalue weighted by Gasteiger charge is 2.19. The zero-order valence-corrected chi connectivity index (χ0v) is 18.3. The van der Waals surface area contributed by atoms with Gasteiger partial charge in [0.2, 0.25) is 5.75 Å². The number of nitro benzene ring substituents is 2. The number of nitrogens with zero attached hydrogens (tertiary/aromatic N) is 4. The molecule has 1 aromatic heterocycles. The monoisotopic (exact) mass is 557 g/mol. The largest absolute Gasteiger partial charge is 0.464 e. The summed E-state index contributed by atoms with van der Waals surface area (Å²) in [5.41, 5.74) is -0.352. The van der Waals surface area contributed by atoms with E-state index in [0.717, 1.165) is 18.2 Å². The lowest BCUT2D eigenvalue weighted by Crippen LogP contribution is -2.15. The van der Waals surface area contributed by atoms with Gasteiger partial charge in [-0.3, -0.25) is 25.0 Å². The molecule has 11 nitrogen and oxygen atoms in total. The van der Waals surface area contributed by atoms with Crippen LogP contribution in [0.15, 0.2) is 51.5 Å². The van der Waals surface area contributed by atoms with Gasteiger partial charge < -0.3 is 10.1 Å². The maximum Gasteiger partial charge on any atom is 0.311 e. The molecule has 0 spiro atoms. The van der Waals surface area contributed by atoms with Crippen molar-refractivity contribution in [1.82, 2.24) is 9.78 Å². The molecule has 2 aromatic carbocycles. The number of rotatable bonds is 7. The van der Waals surface area contributed by atoms with E-state index in [0.29, 0.717) is 0 Å². The molecule has 0 fully saturated rings. The van der Waals surface area contributed by atoms with Gasteiger partial charge in [-0.1, -0.05) is 0 Å². The van der Waals surface area contributed by atoms with Crippen molar-refractivity contribution < 1.29 is 23.8 Å². The van der Waals surface area contributed by atoms with Crippen LogP contribution in [0.25, 0.3) is 0 Å². The van der Waals surface area contributed by atoms with Gasteiger partial charge in [-0.05, 0) is 44.0 Å². The molecule has 0 aliphatic rings. The fourth-order valence-electron chi connectivity index (χ4n) is 2.41. The molecule has 14 heteroatoms. The molecule has 31 heavy (non-hydrogen) atoms. The maximum absolute atomic E-state index is 13.4. The smallest absolute Gasteiger partial charge is 0.311 e. The first-order chi connectivity index (χ1) is 14.7. The molecule has 0 bridgehead atoms. The van der Waals surface area contributed by atoms with Crippen molar-refractivity contribution in [2.24, 2.45) is 0 Å². The maximum atomic E-state index is 13.4. The summed E-state index contributed by atoms with van der Waals surface area (Å²) in [7, 11) is 0. The minimum atomic E-state index is -0.712. The van der Waals surface area contributed by atoms with Crippen molar-refractivity contribution in [2.75, 3.05) is 5.32 Å². The highest BCUT2D eigenvalue weighted by molar-refractivity contribution is 9.11. The van der Waals surface area contributed by atoms with Crippen molar-refractivity contribution in [3.05, 3.63) is 83.3 Å². The number of hydrogen-bond acceptors (Lipinski definition) is 7. The number of hydrogen-bond donors (Lipinski definition) is 1. The number of benzene rings is 2. The summed E-state index contributed by atoms with van der Waals surface area (Å²) in [6.45, 7) is -0.317. The van der Waals surface area contributed by atoms with E-state index in [2.05, 4.69) is 42.3 Å². The zero-order chi connectivity index (χ0) is 22.7. The van der Waals surface area contributed by atoms with E-state index in [1.54, 1.807) is 0 Å². The lowest BCUT2D eigenvalue weighted by Gasteiger charge is -2.09. The standard InChI is InChI=1S/C17H10Br2FN5O6/c18-11-6-10(24(27)28)7-12(19)16(11)21-17(26)13-3-4-23(22-13)8-31-15-5-9(20)1-2-14(15)25(29)30/h1-7H,8H2,(H,21,26). The van der Waals surface area contributed by atoms with Gasteiger partial charge >= 0.3 is 5.69 Å². The van der Waals surface area contributed by atoms with Crippen LogP contribution >= 0.6 is 31.9 Å². The molecule has 0 unspecified atom stereocenters. The van der Waals surface area contributed by atoms with E-state index < -0.39 is 27.3 Å². The van der Waals surface area contributed by atoms with Gasteiger partial charge in [-0.15, -0.1) is 0 Å². The van der Waals surface area contributed by atoms with E-state index in [4.69, 9.17) is 4.74 Å². The topological polar surface area (TPSA) is 142 Å². The van der Waals surface area contributed by atoms with Crippen LogP contribution < -0.4 is 10.1 Å². The third-order valence-corrected chi connectivity index (χ3v) is 5.07. The molecule has 3 rings (SSSR count). The molecule has 3 aromatic rings. The Kier molecular flexibility index (Phi) is 6.60. The number of ether oxygens (including phenoxy) is 1. The number of carbonyl (C=O) groups is 1. The number of halogens is 3. The Balaban J connectivity index is 1.72. The van der Waals surface area contributed by atoms with E-state index in [-0.39, 0.29) is 38.5 Å². The molecular weight excluding hydrogens is 549 g/mol. The number of carbonyl (C=O) groups excluding carboxylic acids is 1. The average Bonchev–Trinajstić information content (AvgIpc) is 3.17. The van der Waals surface area contributed by atoms with E-state index in [1.807, 2.05) is 0 Å². The predicted molar refractivity (Wildman–Crippen MR) is 112 cm³/mol. The molecule has 0 saturated heterocycles. The first kappa shape index (κ1) is 22.3. The normalized spacial score (nSPS) is 10.5. The van der Waals surface area contributed by atoms with Gasteiger partial charge in [0.1, 0.15) is 5.82 Å². The summed E-state index contributed by atoms with van der Waals surface area (Å²) in [5.74, 6) is -1.61. The highest BCUT2D eigenvalue weighted by Crippen LogP contribution is 2.35. The van der Waals surface area contributed by atoms with Gasteiger partial charge in [0.25, 0.3) is 11.6 Å². The first-order valence-electron chi connectivity index (χ1n) is 8.20. The average molecular weight is 559 g/mol. The van der Waals surface area contributed by atoms with Gasteiger partial charge in [0.15, 0.2) is 12.4 Å². The second-order valence-electron chi connectivity index (χ2n) is 5.88. The van der Waals surface area contributed by atoms with Crippen LogP contribution in [0.3, 0.4) is 0 Å². The SMILES string of the molecule is O=C(Nc1c(Br)cc([N+](=O)[O-])cc1Br)c1ccn(COc2cc(F)ccc2[N+](=O)[O-])n1. The van der Waals surface area contributed by atoms with Crippen molar-refractivity contribution in [3.8, 4) is 5.75 Å². The quantitative estimate of drug-likeness (QED) is 0.328. The van der Waals surface area contributed by atoms with Crippen molar-refractivity contribution in [2.45, 2.75) is 6.73 Å². The molecule has 0 radical (unpaired) electrons. The summed E-state index contributed by atoms with van der Waals surface area (Å²) in [4.78, 5) is 33.1. The highest BCUT2D eigenvalue weighted by atomic mass is 79.9. The predicted octanol–water partition coefficient (Wildman–Crippen LogP) is 4.65. The lowest BCUT2D eigenvalue weighted by atomic mass is 10.2. The van der Waals surface area contributed by atoms with Gasteiger partial charge in [0.05, 0.1) is 15.5 Å². The third kappa shape index (κ3) is 5.21. The Morgan fingerprint density at radius 3 is 2.42 bits per heavy atom. The summed E-state index contributed by atoms with van der Waals surface area (Å²) < 4.78 is 20.4. The molecular formula is C17H10Br2FN5O6. The van der Waals surface area contributed by atoms with Crippen LogP contribution in [0.5, 0.6) is 5.75 Å². The van der Waals surface area contributed by atoms with Crippen LogP contribution in [-0.4, -0.2) is 25.5 Å². The van der Waals surface area contributed by atoms with Crippen LogP contribution in [0.2, 0.25) is 0 Å². The van der Waals surface area contributed by atoms with Crippen LogP contribution in [0, 0.1) is 26.0 Å². The van der Waals surface area contributed by atoms with Crippen molar-refractivity contribution in [1.29, 1.82) is 0 Å². The molecule has 1 N–H and O–H groups in total. The molecule has 0 aliphatic carbocycles. The molecule has 1 heterocycles. The molecule has 0 saturated carbocycles. The Bertz CT molecular complexity index is 1180. The van der Waals surface area contributed by atoms with Crippen molar-refractivity contribution in [3.63, 3.8) is 0 Å². The zero-order valence-electron chi connectivity index (χ0n) is 15.1. The number of non-ortho nitro benzene ring substituents is 1. The number of amides is 1. The van der Waals surface area contributed by atoms with Gasteiger partial charge in [0, 0.05) is 39.4 Å². The summed E-state index contributed by atoms with van der Waals surface area (Å²) >= 11 is 6.33. The molecule has 0 atom stereocenters.